The summed E-state index contributed by atoms with van der Waals surface area (Å²) < 4.78 is 42.6. The van der Waals surface area contributed by atoms with Gasteiger partial charge in [0, 0.05) is 5.56 Å². The Balaban J connectivity index is 2.04. The second-order valence-electron chi connectivity index (χ2n) is 4.30. The molecule has 0 saturated heterocycles. The van der Waals surface area contributed by atoms with Crippen LogP contribution in [-0.4, -0.2) is 20.1 Å². The molecule has 0 radical (unpaired) electrons. The molecule has 0 unspecified atom stereocenters. The number of alkyl halides is 3. The Kier molecular flexibility index (Phi) is 3.24. The van der Waals surface area contributed by atoms with Crippen molar-refractivity contribution in [1.82, 2.24) is 20.1 Å². The Labute approximate surface area is 120 Å². The van der Waals surface area contributed by atoms with Crippen LogP contribution in [0, 0.1) is 0 Å². The average molecular weight is 308 g/mol. The highest BCUT2D eigenvalue weighted by Gasteiger charge is 2.30. The minimum absolute atomic E-state index is 0.0700. The van der Waals surface area contributed by atoms with E-state index in [-0.39, 0.29) is 22.8 Å². The maximum Gasteiger partial charge on any atom is 0.460 e. The molecular formula is C13H7F3N4O2. The quantitative estimate of drug-likeness (QED) is 0.786. The fourth-order valence-corrected chi connectivity index (χ4v) is 1.84. The van der Waals surface area contributed by atoms with Gasteiger partial charge < -0.3 is 4.52 Å². The van der Waals surface area contributed by atoms with Crippen molar-refractivity contribution in [2.24, 2.45) is 0 Å². The summed E-state index contributed by atoms with van der Waals surface area (Å²) in [6.07, 6.45) is -3.28. The first-order chi connectivity index (χ1) is 10.4. The Morgan fingerprint density at radius 1 is 1.09 bits per heavy atom. The molecule has 0 atom stereocenters. The van der Waals surface area contributed by atoms with E-state index in [0.717, 1.165) is 18.5 Å². The number of nitrogens with one attached hydrogen (secondary N) is 1. The summed E-state index contributed by atoms with van der Waals surface area (Å²) in [5.74, 6) is -0.755. The third kappa shape index (κ3) is 2.73. The van der Waals surface area contributed by atoms with E-state index in [9.17, 15) is 18.0 Å². The van der Waals surface area contributed by atoms with Gasteiger partial charge in [-0.2, -0.15) is 23.3 Å². The second kappa shape index (κ2) is 5.10. The fraction of sp³-hybridized carbons (Fsp3) is 0.0769. The van der Waals surface area contributed by atoms with E-state index in [1.54, 1.807) is 0 Å². The largest absolute Gasteiger partial charge is 0.460 e. The first-order valence-corrected chi connectivity index (χ1v) is 5.99. The molecular weight excluding hydrogens is 301 g/mol. The number of halogens is 3. The fourth-order valence-electron chi connectivity index (χ4n) is 1.84. The van der Waals surface area contributed by atoms with Crippen molar-refractivity contribution in [2.75, 3.05) is 0 Å². The standard InChI is InChI=1S/C13H7F3N4O2/c14-13(15,16)8-3-1-2-7(4-8)9-5-10(18-6-17-9)11-19-12(21)22-20-11/h1-6H,(H,19,20,21). The number of aromatic amines is 1. The molecule has 3 aromatic rings. The SMILES string of the molecule is O=c1nc(-c2cc(-c3cccc(C(F)(F)F)c3)ncn2)[nH]o1. The second-order valence-corrected chi connectivity index (χ2v) is 4.30. The zero-order valence-corrected chi connectivity index (χ0v) is 10.8. The molecule has 0 fully saturated rings. The molecule has 2 heterocycles. The lowest BCUT2D eigenvalue weighted by atomic mass is 10.1. The van der Waals surface area contributed by atoms with E-state index in [2.05, 4.69) is 24.6 Å². The van der Waals surface area contributed by atoms with Gasteiger partial charge in [-0.05, 0) is 18.2 Å². The van der Waals surface area contributed by atoms with Crippen LogP contribution in [0.5, 0.6) is 0 Å². The number of rotatable bonds is 2. The van der Waals surface area contributed by atoms with E-state index < -0.39 is 17.5 Å². The van der Waals surface area contributed by atoms with Crippen molar-refractivity contribution in [3.8, 4) is 22.8 Å². The number of H-pyrrole nitrogens is 1. The zero-order valence-electron chi connectivity index (χ0n) is 10.8. The van der Waals surface area contributed by atoms with Crippen molar-refractivity contribution >= 4 is 0 Å². The van der Waals surface area contributed by atoms with Gasteiger partial charge in [-0.15, -0.1) is 0 Å². The van der Waals surface area contributed by atoms with Gasteiger partial charge in [-0.25, -0.2) is 14.8 Å². The van der Waals surface area contributed by atoms with E-state index in [4.69, 9.17) is 0 Å². The summed E-state index contributed by atoms with van der Waals surface area (Å²) in [6.45, 7) is 0. The Morgan fingerprint density at radius 2 is 1.86 bits per heavy atom. The average Bonchev–Trinajstić information content (AvgIpc) is 2.93. The summed E-state index contributed by atoms with van der Waals surface area (Å²) >= 11 is 0. The van der Waals surface area contributed by atoms with Crippen molar-refractivity contribution in [3.63, 3.8) is 0 Å². The van der Waals surface area contributed by atoms with Crippen LogP contribution in [0.2, 0.25) is 0 Å². The summed E-state index contributed by atoms with van der Waals surface area (Å²) in [4.78, 5) is 22.3. The highest BCUT2D eigenvalue weighted by atomic mass is 19.4. The molecule has 3 rings (SSSR count). The van der Waals surface area contributed by atoms with Crippen LogP contribution in [0.15, 0.2) is 46.0 Å². The minimum Gasteiger partial charge on any atom is -0.321 e. The third-order valence-corrected chi connectivity index (χ3v) is 2.83. The van der Waals surface area contributed by atoms with Crippen LogP contribution in [0.4, 0.5) is 13.2 Å². The van der Waals surface area contributed by atoms with Crippen molar-refractivity contribution < 1.29 is 17.7 Å². The molecule has 112 valence electrons. The number of aromatic nitrogens is 4. The van der Waals surface area contributed by atoms with Gasteiger partial charge in [-0.1, -0.05) is 12.1 Å². The topological polar surface area (TPSA) is 84.7 Å². The van der Waals surface area contributed by atoms with Gasteiger partial charge in [0.15, 0.2) is 5.82 Å². The summed E-state index contributed by atoms with van der Waals surface area (Å²) in [7, 11) is 0. The van der Waals surface area contributed by atoms with E-state index in [0.29, 0.717) is 0 Å². The first-order valence-electron chi connectivity index (χ1n) is 5.99. The van der Waals surface area contributed by atoms with E-state index >= 15 is 0 Å². The molecule has 0 aliphatic rings. The van der Waals surface area contributed by atoms with Crippen LogP contribution >= 0.6 is 0 Å². The lowest BCUT2D eigenvalue weighted by Crippen LogP contribution is -2.04. The first kappa shape index (κ1) is 14.0. The third-order valence-electron chi connectivity index (χ3n) is 2.83. The van der Waals surface area contributed by atoms with Crippen LogP contribution in [0.3, 0.4) is 0 Å². The molecule has 0 aliphatic carbocycles. The molecule has 2 aromatic heterocycles. The summed E-state index contributed by atoms with van der Waals surface area (Å²) in [5.41, 5.74) is -0.0162. The monoisotopic (exact) mass is 308 g/mol. The number of nitrogens with zero attached hydrogens (tertiary/aromatic N) is 3. The maximum atomic E-state index is 12.7. The summed E-state index contributed by atoms with van der Waals surface area (Å²) in [5, 5.41) is 2.27. The van der Waals surface area contributed by atoms with Gasteiger partial charge in [0.05, 0.1) is 11.3 Å². The lowest BCUT2D eigenvalue weighted by molar-refractivity contribution is -0.137. The van der Waals surface area contributed by atoms with Gasteiger partial charge in [0.25, 0.3) is 0 Å². The van der Waals surface area contributed by atoms with Crippen molar-refractivity contribution in [3.05, 3.63) is 52.8 Å². The predicted molar refractivity (Wildman–Crippen MR) is 68.6 cm³/mol. The molecule has 6 nitrogen and oxygen atoms in total. The van der Waals surface area contributed by atoms with Crippen LogP contribution in [0.1, 0.15) is 5.56 Å². The summed E-state index contributed by atoms with van der Waals surface area (Å²) in [6, 6.07) is 6.15. The molecule has 1 N–H and O–H groups in total. The molecule has 1 aromatic carbocycles. The van der Waals surface area contributed by atoms with Crippen LogP contribution in [0.25, 0.3) is 22.8 Å². The van der Waals surface area contributed by atoms with E-state index in [1.165, 1.54) is 18.2 Å². The molecule has 22 heavy (non-hydrogen) atoms. The molecule has 0 aliphatic heterocycles. The van der Waals surface area contributed by atoms with E-state index in [1.807, 2.05) is 0 Å². The van der Waals surface area contributed by atoms with Gasteiger partial charge in [0.2, 0.25) is 0 Å². The normalized spacial score (nSPS) is 11.6. The van der Waals surface area contributed by atoms with Gasteiger partial charge in [-0.3, -0.25) is 0 Å². The van der Waals surface area contributed by atoms with Crippen LogP contribution < -0.4 is 5.76 Å². The molecule has 0 bridgehead atoms. The minimum atomic E-state index is -4.44. The molecule has 9 heteroatoms. The smallest absolute Gasteiger partial charge is 0.321 e. The maximum absolute atomic E-state index is 12.7. The Hall–Kier alpha value is -2.97. The zero-order chi connectivity index (χ0) is 15.7. The molecule has 0 saturated carbocycles. The Bertz CT molecular complexity index is 870. The van der Waals surface area contributed by atoms with Crippen LogP contribution in [-0.2, 0) is 6.18 Å². The van der Waals surface area contributed by atoms with Gasteiger partial charge >= 0.3 is 11.9 Å². The number of hydrogen-bond acceptors (Lipinski definition) is 5. The molecule has 0 amide bonds. The highest BCUT2D eigenvalue weighted by molar-refractivity contribution is 5.64. The lowest BCUT2D eigenvalue weighted by Gasteiger charge is -2.08. The van der Waals surface area contributed by atoms with Crippen molar-refractivity contribution in [2.45, 2.75) is 6.18 Å². The highest BCUT2D eigenvalue weighted by Crippen LogP contribution is 2.32. The Morgan fingerprint density at radius 3 is 2.55 bits per heavy atom. The van der Waals surface area contributed by atoms with Crippen molar-refractivity contribution in [1.29, 1.82) is 0 Å². The number of hydrogen-bond donors (Lipinski definition) is 1. The van der Waals surface area contributed by atoms with Gasteiger partial charge in [0.1, 0.15) is 12.0 Å². The predicted octanol–water partition coefficient (Wildman–Crippen LogP) is 2.51. The molecule has 0 spiro atoms. The number of benzene rings is 1.